The molecule has 1 aliphatic rings. The minimum atomic E-state index is -0.420. The van der Waals surface area contributed by atoms with E-state index in [0.29, 0.717) is 17.8 Å². The molecule has 0 radical (unpaired) electrons. The highest BCUT2D eigenvalue weighted by atomic mass is 16.2. The van der Waals surface area contributed by atoms with Crippen molar-refractivity contribution < 1.29 is 9.59 Å². The molecule has 1 amide bonds. The Kier molecular flexibility index (Phi) is 3.55. The zero-order chi connectivity index (χ0) is 14.0. The maximum absolute atomic E-state index is 11.7. The summed E-state index contributed by atoms with van der Waals surface area (Å²) >= 11 is 0. The Morgan fingerprint density at radius 1 is 1.42 bits per heavy atom. The average molecular weight is 259 g/mol. The third-order valence-electron chi connectivity index (χ3n) is 3.11. The molecule has 5 nitrogen and oxygen atoms in total. The monoisotopic (exact) mass is 259 g/mol. The number of anilines is 1. The molecule has 0 bridgehead atoms. The fraction of sp³-hybridized carbons (Fsp3) is 0.286. The van der Waals surface area contributed by atoms with Crippen molar-refractivity contribution in [2.24, 2.45) is 0 Å². The predicted octanol–water partition coefficient (Wildman–Crippen LogP) is 0.459. The molecule has 0 aliphatic heterocycles. The number of benzene rings is 1. The number of ketones is 1. The lowest BCUT2D eigenvalue weighted by Crippen LogP contribution is -2.40. The van der Waals surface area contributed by atoms with Crippen LogP contribution in [0.5, 0.6) is 0 Å². The van der Waals surface area contributed by atoms with Crippen LogP contribution in [0.15, 0.2) is 24.3 Å². The number of nitrogen functional groups attached to an aromatic ring is 1. The Morgan fingerprint density at radius 3 is 2.84 bits per heavy atom. The molecule has 0 unspecified atom stereocenters. The van der Waals surface area contributed by atoms with E-state index < -0.39 is 6.04 Å². The first-order valence-electron chi connectivity index (χ1n) is 6.12. The van der Waals surface area contributed by atoms with E-state index in [4.69, 9.17) is 5.73 Å². The molecule has 0 aromatic heterocycles. The molecule has 0 saturated carbocycles. The number of hydrogen-bond donors (Lipinski definition) is 3. The van der Waals surface area contributed by atoms with Gasteiger partial charge in [-0.3, -0.25) is 9.59 Å². The van der Waals surface area contributed by atoms with Gasteiger partial charge in [0.25, 0.3) is 0 Å². The third kappa shape index (κ3) is 2.76. The van der Waals surface area contributed by atoms with Gasteiger partial charge in [-0.05, 0) is 24.6 Å². The van der Waals surface area contributed by atoms with Crippen LogP contribution in [0.4, 0.5) is 5.69 Å². The Bertz CT molecular complexity index is 564. The van der Waals surface area contributed by atoms with Crippen molar-refractivity contribution in [3.8, 4) is 0 Å². The van der Waals surface area contributed by atoms with Crippen molar-refractivity contribution >= 4 is 23.1 Å². The van der Waals surface area contributed by atoms with Crippen LogP contribution in [-0.4, -0.2) is 24.8 Å². The summed E-state index contributed by atoms with van der Waals surface area (Å²) in [5.41, 5.74) is 8.87. The van der Waals surface area contributed by atoms with Gasteiger partial charge in [-0.25, -0.2) is 0 Å². The number of likely N-dealkylation sites (N-methyl/N-ethyl adjacent to an activating group) is 1. The lowest BCUT2D eigenvalue weighted by atomic mass is 9.93. The highest BCUT2D eigenvalue weighted by Gasteiger charge is 2.20. The fourth-order valence-corrected chi connectivity index (χ4v) is 2.11. The van der Waals surface area contributed by atoms with Crippen molar-refractivity contribution in [1.82, 2.24) is 10.6 Å². The van der Waals surface area contributed by atoms with Gasteiger partial charge in [0.2, 0.25) is 5.91 Å². The lowest BCUT2D eigenvalue weighted by molar-refractivity contribution is -0.122. The molecular formula is C14H17N3O2. The van der Waals surface area contributed by atoms with Gasteiger partial charge in [-0.1, -0.05) is 6.07 Å². The zero-order valence-corrected chi connectivity index (χ0v) is 11.0. The molecule has 0 saturated heterocycles. The van der Waals surface area contributed by atoms with Crippen LogP contribution in [-0.2, 0) is 16.0 Å². The smallest absolute Gasteiger partial charge is 0.241 e. The van der Waals surface area contributed by atoms with E-state index in [-0.39, 0.29) is 11.7 Å². The molecule has 2 rings (SSSR count). The van der Waals surface area contributed by atoms with Crippen molar-refractivity contribution in [1.29, 1.82) is 0 Å². The summed E-state index contributed by atoms with van der Waals surface area (Å²) in [4.78, 5) is 23.2. The van der Waals surface area contributed by atoms with E-state index in [1.54, 1.807) is 20.0 Å². The van der Waals surface area contributed by atoms with E-state index >= 15 is 0 Å². The van der Waals surface area contributed by atoms with E-state index in [9.17, 15) is 9.59 Å². The second kappa shape index (κ2) is 5.14. The van der Waals surface area contributed by atoms with Crippen LogP contribution in [0.25, 0.3) is 5.70 Å². The number of carbonyl (C=O) groups is 2. The average Bonchev–Trinajstić information content (AvgIpc) is 2.38. The van der Waals surface area contributed by atoms with Crippen LogP contribution in [0.3, 0.4) is 0 Å². The minimum absolute atomic E-state index is 0.0175. The number of hydrogen-bond acceptors (Lipinski definition) is 4. The van der Waals surface area contributed by atoms with E-state index in [2.05, 4.69) is 10.6 Å². The Labute approximate surface area is 111 Å². The molecule has 1 aromatic rings. The highest BCUT2D eigenvalue weighted by molar-refractivity contribution is 6.02. The first-order chi connectivity index (χ1) is 9.01. The van der Waals surface area contributed by atoms with Crippen LogP contribution in [0.1, 0.15) is 18.1 Å². The lowest BCUT2D eigenvalue weighted by Gasteiger charge is -2.22. The first-order valence-corrected chi connectivity index (χ1v) is 6.12. The first kappa shape index (κ1) is 13.1. The molecule has 4 N–H and O–H groups in total. The largest absolute Gasteiger partial charge is 0.399 e. The van der Waals surface area contributed by atoms with Gasteiger partial charge in [-0.2, -0.15) is 0 Å². The molecule has 0 fully saturated rings. The molecule has 100 valence electrons. The van der Waals surface area contributed by atoms with E-state index in [1.807, 2.05) is 12.1 Å². The van der Waals surface area contributed by atoms with Gasteiger partial charge in [0.05, 0.1) is 0 Å². The van der Waals surface area contributed by atoms with E-state index in [0.717, 1.165) is 11.1 Å². The number of amides is 1. The SMILES string of the molecule is CNC(=O)[C@@H](C)NC1=CC(=O)Cc2ccc(N)cc21. The molecule has 1 aromatic carbocycles. The van der Waals surface area contributed by atoms with E-state index in [1.165, 1.54) is 6.08 Å². The van der Waals surface area contributed by atoms with Crippen molar-refractivity contribution in [2.45, 2.75) is 19.4 Å². The molecular weight excluding hydrogens is 242 g/mol. The van der Waals surface area contributed by atoms with Crippen LogP contribution in [0.2, 0.25) is 0 Å². The number of fused-ring (bicyclic) bond motifs is 1. The number of nitrogens with one attached hydrogen (secondary N) is 2. The van der Waals surface area contributed by atoms with Crippen LogP contribution in [0, 0.1) is 0 Å². The summed E-state index contributed by atoms with van der Waals surface area (Å²) in [5, 5.41) is 5.62. The highest BCUT2D eigenvalue weighted by Crippen LogP contribution is 2.25. The minimum Gasteiger partial charge on any atom is -0.399 e. The quantitative estimate of drug-likeness (QED) is 0.688. The van der Waals surface area contributed by atoms with Crippen molar-refractivity contribution in [3.63, 3.8) is 0 Å². The van der Waals surface area contributed by atoms with Gasteiger partial charge >= 0.3 is 0 Å². The molecule has 1 atom stereocenters. The Hall–Kier alpha value is -2.30. The molecule has 0 heterocycles. The number of nitrogens with two attached hydrogens (primary N) is 1. The Balaban J connectivity index is 2.32. The molecule has 5 heteroatoms. The third-order valence-corrected chi connectivity index (χ3v) is 3.11. The van der Waals surface area contributed by atoms with Gasteiger partial charge in [0.15, 0.2) is 5.78 Å². The van der Waals surface area contributed by atoms with Crippen molar-refractivity contribution in [3.05, 3.63) is 35.4 Å². The maximum atomic E-state index is 11.7. The fourth-order valence-electron chi connectivity index (χ4n) is 2.11. The summed E-state index contributed by atoms with van der Waals surface area (Å²) in [6, 6.07) is 5.02. The zero-order valence-electron chi connectivity index (χ0n) is 11.0. The summed E-state index contributed by atoms with van der Waals surface area (Å²) in [5.74, 6) is -0.117. The standard InChI is InChI=1S/C14H17N3O2/c1-8(14(19)16-2)17-13-7-11(18)5-9-3-4-10(15)6-12(9)13/h3-4,6-8,17H,5,15H2,1-2H3,(H,16,19)/t8-/m1/s1. The van der Waals surface area contributed by atoms with Crippen LogP contribution < -0.4 is 16.4 Å². The normalized spacial score (nSPS) is 15.3. The summed E-state index contributed by atoms with van der Waals surface area (Å²) in [6.45, 7) is 1.74. The summed E-state index contributed by atoms with van der Waals surface area (Å²) < 4.78 is 0. The second-order valence-electron chi connectivity index (χ2n) is 4.60. The van der Waals surface area contributed by atoms with Gasteiger partial charge in [-0.15, -0.1) is 0 Å². The summed E-state index contributed by atoms with van der Waals surface area (Å²) in [6.07, 6.45) is 1.90. The van der Waals surface area contributed by atoms with Gasteiger partial charge in [0.1, 0.15) is 6.04 Å². The molecule has 19 heavy (non-hydrogen) atoms. The second-order valence-corrected chi connectivity index (χ2v) is 4.60. The topological polar surface area (TPSA) is 84.2 Å². The molecule has 0 spiro atoms. The number of allylic oxidation sites excluding steroid dienone is 1. The predicted molar refractivity (Wildman–Crippen MR) is 74.2 cm³/mol. The number of carbonyl (C=O) groups excluding carboxylic acids is 2. The molecule has 1 aliphatic carbocycles. The Morgan fingerprint density at radius 2 is 2.16 bits per heavy atom. The summed E-state index contributed by atoms with van der Waals surface area (Å²) in [7, 11) is 1.58. The van der Waals surface area contributed by atoms with Gasteiger partial charge < -0.3 is 16.4 Å². The number of rotatable bonds is 3. The van der Waals surface area contributed by atoms with Crippen molar-refractivity contribution in [2.75, 3.05) is 12.8 Å². The van der Waals surface area contributed by atoms with Gasteiger partial charge in [0, 0.05) is 36.5 Å². The van der Waals surface area contributed by atoms with Crippen LogP contribution >= 0.6 is 0 Å². The maximum Gasteiger partial charge on any atom is 0.241 e.